The van der Waals surface area contributed by atoms with E-state index in [0.29, 0.717) is 5.84 Å². The minimum atomic E-state index is 0.679. The fraction of sp³-hybridized carbons (Fsp3) is 0.188. The molecule has 0 radical (unpaired) electrons. The molecule has 94 valence electrons. The van der Waals surface area contributed by atoms with E-state index >= 15 is 0 Å². The topological polar surface area (TPSA) is 37.1 Å². The van der Waals surface area contributed by atoms with Crippen LogP contribution in [0.25, 0.3) is 10.8 Å². The number of aliphatic imine (C=N–C) groups is 3. The fourth-order valence-corrected chi connectivity index (χ4v) is 2.84. The lowest BCUT2D eigenvalue weighted by Gasteiger charge is -2.11. The number of benzene rings is 2. The normalized spacial score (nSPS) is 15.7. The highest BCUT2D eigenvalue weighted by molar-refractivity contribution is 6.25. The summed E-state index contributed by atoms with van der Waals surface area (Å²) in [5, 5.41) is 2.49. The van der Waals surface area contributed by atoms with Crippen molar-refractivity contribution in [2.24, 2.45) is 15.0 Å². The SMILES string of the molecule is C=NC1=NC(=NC)c2cc3cccc(C)c3c(C)c21. The van der Waals surface area contributed by atoms with Crippen LogP contribution in [0.1, 0.15) is 22.3 Å². The Kier molecular flexibility index (Phi) is 2.56. The summed E-state index contributed by atoms with van der Waals surface area (Å²) in [5.74, 6) is 1.42. The van der Waals surface area contributed by atoms with Gasteiger partial charge in [0.25, 0.3) is 0 Å². The number of hydrogen-bond acceptors (Lipinski definition) is 2. The average molecular weight is 249 g/mol. The molecule has 2 aromatic carbocycles. The van der Waals surface area contributed by atoms with E-state index in [1.165, 1.54) is 21.9 Å². The van der Waals surface area contributed by atoms with Crippen LogP contribution in [0.15, 0.2) is 39.2 Å². The lowest BCUT2D eigenvalue weighted by molar-refractivity contribution is 1.40. The first-order valence-electron chi connectivity index (χ1n) is 6.23. The van der Waals surface area contributed by atoms with Gasteiger partial charge in [-0.1, -0.05) is 18.2 Å². The zero-order chi connectivity index (χ0) is 13.6. The van der Waals surface area contributed by atoms with E-state index in [1.807, 2.05) is 0 Å². The molecule has 2 aromatic rings. The number of fused-ring (bicyclic) bond motifs is 2. The molecule has 3 heteroatoms. The molecule has 19 heavy (non-hydrogen) atoms. The van der Waals surface area contributed by atoms with Crippen LogP contribution in [-0.4, -0.2) is 25.4 Å². The molecule has 0 saturated carbocycles. The van der Waals surface area contributed by atoms with Crippen LogP contribution >= 0.6 is 0 Å². The Morgan fingerprint density at radius 3 is 2.68 bits per heavy atom. The van der Waals surface area contributed by atoms with Gasteiger partial charge in [-0.15, -0.1) is 0 Å². The maximum atomic E-state index is 4.44. The van der Waals surface area contributed by atoms with Crippen molar-refractivity contribution in [3.05, 3.63) is 46.5 Å². The van der Waals surface area contributed by atoms with E-state index in [4.69, 9.17) is 0 Å². The molecule has 0 aliphatic carbocycles. The fourth-order valence-electron chi connectivity index (χ4n) is 2.84. The third-order valence-corrected chi connectivity index (χ3v) is 3.66. The number of hydrogen-bond donors (Lipinski definition) is 0. The lowest BCUT2D eigenvalue weighted by Crippen LogP contribution is -2.01. The maximum absolute atomic E-state index is 4.44. The summed E-state index contributed by atoms with van der Waals surface area (Å²) in [6, 6.07) is 8.48. The van der Waals surface area contributed by atoms with Crippen LogP contribution in [0.4, 0.5) is 0 Å². The zero-order valence-corrected chi connectivity index (χ0v) is 11.4. The van der Waals surface area contributed by atoms with Crippen molar-refractivity contribution in [1.29, 1.82) is 0 Å². The average Bonchev–Trinajstić information content (AvgIpc) is 2.77. The third kappa shape index (κ3) is 1.55. The number of nitrogens with zero attached hydrogens (tertiary/aromatic N) is 3. The molecule has 0 amide bonds. The molecule has 1 heterocycles. The van der Waals surface area contributed by atoms with Crippen LogP contribution in [0, 0.1) is 13.8 Å². The van der Waals surface area contributed by atoms with Crippen LogP contribution in [0.2, 0.25) is 0 Å². The molecule has 0 unspecified atom stereocenters. The number of rotatable bonds is 0. The Morgan fingerprint density at radius 2 is 2.00 bits per heavy atom. The highest BCUT2D eigenvalue weighted by Gasteiger charge is 2.24. The molecule has 0 spiro atoms. The zero-order valence-electron chi connectivity index (χ0n) is 11.4. The van der Waals surface area contributed by atoms with E-state index in [0.717, 1.165) is 17.0 Å². The van der Waals surface area contributed by atoms with Gasteiger partial charge in [0, 0.05) is 18.2 Å². The van der Waals surface area contributed by atoms with Crippen LogP contribution in [-0.2, 0) is 0 Å². The van der Waals surface area contributed by atoms with Crippen molar-refractivity contribution in [3.63, 3.8) is 0 Å². The predicted molar refractivity (Wildman–Crippen MR) is 82.0 cm³/mol. The van der Waals surface area contributed by atoms with Gasteiger partial charge in [0.1, 0.15) is 0 Å². The van der Waals surface area contributed by atoms with Gasteiger partial charge in [0.05, 0.1) is 0 Å². The minimum Gasteiger partial charge on any atom is -0.270 e. The van der Waals surface area contributed by atoms with E-state index in [1.54, 1.807) is 7.05 Å². The number of aryl methyl sites for hydroxylation is 2. The molecule has 0 aromatic heterocycles. The van der Waals surface area contributed by atoms with Gasteiger partial charge in [-0.25, -0.2) is 9.98 Å². The summed E-state index contributed by atoms with van der Waals surface area (Å²) >= 11 is 0. The molecule has 3 nitrogen and oxygen atoms in total. The van der Waals surface area contributed by atoms with Crippen molar-refractivity contribution in [2.75, 3.05) is 7.05 Å². The van der Waals surface area contributed by atoms with E-state index < -0.39 is 0 Å². The van der Waals surface area contributed by atoms with Gasteiger partial charge in [-0.05, 0) is 48.5 Å². The highest BCUT2D eigenvalue weighted by Crippen LogP contribution is 2.32. The molecule has 1 aliphatic heterocycles. The van der Waals surface area contributed by atoms with Gasteiger partial charge in [-0.2, -0.15) is 0 Å². The van der Waals surface area contributed by atoms with Crippen molar-refractivity contribution < 1.29 is 0 Å². The second-order valence-electron chi connectivity index (χ2n) is 4.74. The Morgan fingerprint density at radius 1 is 1.21 bits per heavy atom. The molecular weight excluding hydrogens is 234 g/mol. The monoisotopic (exact) mass is 249 g/mol. The Balaban J connectivity index is 2.49. The summed E-state index contributed by atoms with van der Waals surface area (Å²) in [4.78, 5) is 12.7. The first kappa shape index (κ1) is 11.8. The maximum Gasteiger partial charge on any atom is 0.162 e. The first-order valence-corrected chi connectivity index (χ1v) is 6.23. The molecule has 0 atom stereocenters. The van der Waals surface area contributed by atoms with Crippen molar-refractivity contribution >= 4 is 29.2 Å². The first-order chi connectivity index (χ1) is 9.17. The smallest absolute Gasteiger partial charge is 0.162 e. The molecule has 0 saturated heterocycles. The largest absolute Gasteiger partial charge is 0.270 e. The predicted octanol–water partition coefficient (Wildman–Crippen LogP) is 3.29. The quantitative estimate of drug-likeness (QED) is 0.642. The third-order valence-electron chi connectivity index (χ3n) is 3.66. The van der Waals surface area contributed by atoms with E-state index in [-0.39, 0.29) is 0 Å². The molecule has 3 rings (SSSR count). The molecule has 0 bridgehead atoms. The Bertz CT molecular complexity index is 767. The van der Waals surface area contributed by atoms with Crippen LogP contribution in [0.5, 0.6) is 0 Å². The lowest BCUT2D eigenvalue weighted by atomic mass is 9.93. The minimum absolute atomic E-state index is 0.679. The molecule has 0 N–H and O–H groups in total. The summed E-state index contributed by atoms with van der Waals surface area (Å²) in [6.07, 6.45) is 0. The highest BCUT2D eigenvalue weighted by atomic mass is 15.0. The molecular formula is C16H15N3. The van der Waals surface area contributed by atoms with Crippen molar-refractivity contribution in [2.45, 2.75) is 13.8 Å². The van der Waals surface area contributed by atoms with E-state index in [9.17, 15) is 0 Å². The summed E-state index contributed by atoms with van der Waals surface area (Å²) in [7, 11) is 1.75. The molecule has 1 aliphatic rings. The van der Waals surface area contributed by atoms with Crippen molar-refractivity contribution in [1.82, 2.24) is 0 Å². The van der Waals surface area contributed by atoms with Crippen LogP contribution < -0.4 is 0 Å². The van der Waals surface area contributed by atoms with E-state index in [2.05, 4.69) is 59.8 Å². The summed E-state index contributed by atoms with van der Waals surface area (Å²) < 4.78 is 0. The Labute approximate surface area is 112 Å². The second kappa shape index (κ2) is 4.12. The molecule has 0 fully saturated rings. The van der Waals surface area contributed by atoms with Gasteiger partial charge in [-0.3, -0.25) is 4.99 Å². The number of amidine groups is 2. The van der Waals surface area contributed by atoms with Crippen molar-refractivity contribution in [3.8, 4) is 0 Å². The van der Waals surface area contributed by atoms with Gasteiger partial charge in [0.2, 0.25) is 0 Å². The second-order valence-corrected chi connectivity index (χ2v) is 4.74. The summed E-state index contributed by atoms with van der Waals surface area (Å²) in [5.41, 5.74) is 4.59. The van der Waals surface area contributed by atoms with Gasteiger partial charge >= 0.3 is 0 Å². The standard InChI is InChI=1S/C16H15N3/c1-9-6-5-7-11-8-12-14(10(2)13(9)11)16(18-4)19-15(12)17-3/h5-8H,4H2,1-3H3. The van der Waals surface area contributed by atoms with Gasteiger partial charge < -0.3 is 0 Å². The summed E-state index contributed by atoms with van der Waals surface area (Å²) in [6.45, 7) is 7.87. The van der Waals surface area contributed by atoms with Crippen LogP contribution in [0.3, 0.4) is 0 Å². The van der Waals surface area contributed by atoms with Gasteiger partial charge in [0.15, 0.2) is 11.7 Å². The Hall–Kier alpha value is -2.29.